The molecular weight excluding hydrogens is 329 g/mol. The Kier molecular flexibility index (Phi) is 5.65. The van der Waals surface area contributed by atoms with E-state index in [1.165, 1.54) is 24.6 Å². The second-order valence-corrected chi connectivity index (χ2v) is 6.23. The number of anilines is 2. The zero-order valence-corrected chi connectivity index (χ0v) is 14.4. The molecule has 1 saturated heterocycles. The van der Waals surface area contributed by atoms with Crippen LogP contribution in [0.1, 0.15) is 30.4 Å². The quantitative estimate of drug-likeness (QED) is 0.836. The lowest BCUT2D eigenvalue weighted by atomic mass is 10.1. The van der Waals surface area contributed by atoms with Crippen LogP contribution < -0.4 is 10.2 Å². The summed E-state index contributed by atoms with van der Waals surface area (Å²) >= 11 is 0. The van der Waals surface area contributed by atoms with Crippen LogP contribution in [0.5, 0.6) is 0 Å². The number of rotatable bonds is 4. The molecule has 26 heavy (non-hydrogen) atoms. The summed E-state index contributed by atoms with van der Waals surface area (Å²) in [5.74, 6) is -0.749. The zero-order valence-electron chi connectivity index (χ0n) is 14.4. The third kappa shape index (κ3) is 4.28. The fourth-order valence-electron chi connectivity index (χ4n) is 3.10. The number of halogens is 1. The second-order valence-electron chi connectivity index (χ2n) is 6.23. The van der Waals surface area contributed by atoms with E-state index in [2.05, 4.69) is 16.3 Å². The van der Waals surface area contributed by atoms with E-state index in [4.69, 9.17) is 5.26 Å². The van der Waals surface area contributed by atoms with Gasteiger partial charge in [0.2, 0.25) is 5.91 Å². The maximum atomic E-state index is 13.7. The van der Waals surface area contributed by atoms with Gasteiger partial charge in [0, 0.05) is 19.2 Å². The number of nitrogens with zero attached hydrogens (tertiary/aromatic N) is 2. The molecule has 132 valence electrons. The molecule has 2 aromatic carbocycles. The first-order chi connectivity index (χ1) is 12.7. The fourth-order valence-corrected chi connectivity index (χ4v) is 3.10. The van der Waals surface area contributed by atoms with Gasteiger partial charge in [0.05, 0.1) is 23.0 Å². The van der Waals surface area contributed by atoms with Crippen molar-refractivity contribution < 1.29 is 9.18 Å². The van der Waals surface area contributed by atoms with Crippen molar-refractivity contribution in [3.05, 3.63) is 65.5 Å². The Morgan fingerprint density at radius 1 is 1.15 bits per heavy atom. The summed E-state index contributed by atoms with van der Waals surface area (Å²) < 4.78 is 13.7. The van der Waals surface area contributed by atoms with E-state index >= 15 is 0 Å². The highest BCUT2D eigenvalue weighted by atomic mass is 19.1. The molecule has 1 aliphatic heterocycles. The Morgan fingerprint density at radius 2 is 1.92 bits per heavy atom. The molecule has 1 N–H and O–H groups in total. The van der Waals surface area contributed by atoms with Crippen molar-refractivity contribution in [3.8, 4) is 6.07 Å². The molecule has 1 heterocycles. The average Bonchev–Trinajstić information content (AvgIpc) is 2.67. The molecule has 0 saturated carbocycles. The zero-order chi connectivity index (χ0) is 18.4. The van der Waals surface area contributed by atoms with Crippen LogP contribution >= 0.6 is 0 Å². The van der Waals surface area contributed by atoms with Crippen LogP contribution in [0.15, 0.2) is 48.5 Å². The fraction of sp³-hybridized carbons (Fsp3) is 0.238. The molecule has 4 nitrogen and oxygen atoms in total. The summed E-state index contributed by atoms with van der Waals surface area (Å²) in [7, 11) is 0. The molecule has 2 aromatic rings. The number of nitriles is 1. The summed E-state index contributed by atoms with van der Waals surface area (Å²) in [4.78, 5) is 14.5. The van der Waals surface area contributed by atoms with Gasteiger partial charge in [-0.15, -0.1) is 0 Å². The van der Waals surface area contributed by atoms with Gasteiger partial charge >= 0.3 is 0 Å². The van der Waals surface area contributed by atoms with E-state index in [1.807, 2.05) is 0 Å². The van der Waals surface area contributed by atoms with Crippen molar-refractivity contribution in [3.63, 3.8) is 0 Å². The lowest BCUT2D eigenvalue weighted by Gasteiger charge is -2.30. The summed E-state index contributed by atoms with van der Waals surface area (Å²) in [5.41, 5.74) is 2.47. The van der Waals surface area contributed by atoms with Crippen LogP contribution in [0, 0.1) is 17.1 Å². The van der Waals surface area contributed by atoms with Gasteiger partial charge in [-0.1, -0.05) is 18.2 Å². The van der Waals surface area contributed by atoms with Gasteiger partial charge in [-0.05, 0) is 55.2 Å². The van der Waals surface area contributed by atoms with Crippen LogP contribution in [-0.4, -0.2) is 19.0 Å². The number of amides is 1. The van der Waals surface area contributed by atoms with E-state index in [0.29, 0.717) is 16.8 Å². The SMILES string of the molecule is N#Cc1ccccc1/C=C/C(=O)Nc1cc(F)ccc1N1CCCCC1. The number of hydrogen-bond acceptors (Lipinski definition) is 3. The maximum absolute atomic E-state index is 13.7. The van der Waals surface area contributed by atoms with Gasteiger partial charge < -0.3 is 10.2 Å². The Morgan fingerprint density at radius 3 is 2.69 bits per heavy atom. The number of hydrogen-bond donors (Lipinski definition) is 1. The molecule has 0 atom stereocenters. The van der Waals surface area contributed by atoms with Crippen molar-refractivity contribution in [1.82, 2.24) is 0 Å². The summed E-state index contributed by atoms with van der Waals surface area (Å²) in [5, 5.41) is 11.9. The molecule has 0 spiro atoms. The minimum atomic E-state index is -0.389. The maximum Gasteiger partial charge on any atom is 0.248 e. The van der Waals surface area contributed by atoms with Gasteiger partial charge in [0.25, 0.3) is 0 Å². The molecular formula is C21H20FN3O. The molecule has 5 heteroatoms. The van der Waals surface area contributed by atoms with Crippen molar-refractivity contribution in [2.45, 2.75) is 19.3 Å². The van der Waals surface area contributed by atoms with Gasteiger partial charge in [0.1, 0.15) is 5.82 Å². The highest BCUT2D eigenvalue weighted by Crippen LogP contribution is 2.29. The topological polar surface area (TPSA) is 56.1 Å². The average molecular weight is 349 g/mol. The Labute approximate surface area is 152 Å². The van der Waals surface area contributed by atoms with E-state index < -0.39 is 0 Å². The van der Waals surface area contributed by atoms with Crippen molar-refractivity contribution in [1.29, 1.82) is 5.26 Å². The van der Waals surface area contributed by atoms with Gasteiger partial charge in [-0.25, -0.2) is 4.39 Å². The molecule has 0 aromatic heterocycles. The number of carbonyl (C=O) groups is 1. The van der Waals surface area contributed by atoms with Crippen LogP contribution in [-0.2, 0) is 4.79 Å². The van der Waals surface area contributed by atoms with Gasteiger partial charge in [0.15, 0.2) is 0 Å². The monoisotopic (exact) mass is 349 g/mol. The molecule has 1 amide bonds. The van der Waals surface area contributed by atoms with Gasteiger partial charge in [-0.2, -0.15) is 5.26 Å². The normalized spacial score (nSPS) is 14.2. The standard InChI is InChI=1S/C21H20FN3O/c22-18-9-10-20(25-12-4-1-5-13-25)19(14-18)24-21(26)11-8-16-6-2-3-7-17(16)15-23/h2-3,6-11,14H,1,4-5,12-13H2,(H,24,26)/b11-8+. The van der Waals surface area contributed by atoms with Crippen LogP contribution in [0.3, 0.4) is 0 Å². The lowest BCUT2D eigenvalue weighted by molar-refractivity contribution is -0.111. The predicted molar refractivity (Wildman–Crippen MR) is 101 cm³/mol. The summed E-state index contributed by atoms with van der Waals surface area (Å²) in [6, 6.07) is 13.6. The minimum absolute atomic E-state index is 0.360. The second kappa shape index (κ2) is 8.30. The van der Waals surface area contributed by atoms with Crippen LogP contribution in [0.25, 0.3) is 6.08 Å². The summed E-state index contributed by atoms with van der Waals surface area (Å²) in [6.45, 7) is 1.81. The number of benzene rings is 2. The van der Waals surface area contributed by atoms with E-state index in [0.717, 1.165) is 31.6 Å². The lowest BCUT2D eigenvalue weighted by Crippen LogP contribution is -2.30. The predicted octanol–water partition coefficient (Wildman–Crippen LogP) is 4.34. The van der Waals surface area contributed by atoms with E-state index in [9.17, 15) is 9.18 Å². The first kappa shape index (κ1) is 17.7. The largest absolute Gasteiger partial charge is 0.370 e. The number of nitrogens with one attached hydrogen (secondary N) is 1. The number of carbonyl (C=O) groups excluding carboxylic acids is 1. The molecule has 0 unspecified atom stereocenters. The first-order valence-corrected chi connectivity index (χ1v) is 8.70. The highest BCUT2D eigenvalue weighted by molar-refractivity contribution is 6.04. The third-order valence-corrected chi connectivity index (χ3v) is 4.41. The minimum Gasteiger partial charge on any atom is -0.370 e. The number of piperidine rings is 1. The Hall–Kier alpha value is -3.13. The molecule has 0 bridgehead atoms. The van der Waals surface area contributed by atoms with Crippen LogP contribution in [0.4, 0.5) is 15.8 Å². The molecule has 0 aliphatic carbocycles. The highest BCUT2D eigenvalue weighted by Gasteiger charge is 2.16. The van der Waals surface area contributed by atoms with Crippen molar-refractivity contribution >= 4 is 23.4 Å². The smallest absolute Gasteiger partial charge is 0.248 e. The molecule has 3 rings (SSSR count). The van der Waals surface area contributed by atoms with E-state index in [1.54, 1.807) is 36.4 Å². The molecule has 1 aliphatic rings. The first-order valence-electron chi connectivity index (χ1n) is 8.70. The Bertz CT molecular complexity index is 864. The van der Waals surface area contributed by atoms with E-state index in [-0.39, 0.29) is 11.7 Å². The molecule has 1 fully saturated rings. The Balaban J connectivity index is 1.77. The van der Waals surface area contributed by atoms with Crippen LogP contribution in [0.2, 0.25) is 0 Å². The van der Waals surface area contributed by atoms with Gasteiger partial charge in [-0.3, -0.25) is 4.79 Å². The van der Waals surface area contributed by atoms with Crippen molar-refractivity contribution in [2.75, 3.05) is 23.3 Å². The van der Waals surface area contributed by atoms with Crippen molar-refractivity contribution in [2.24, 2.45) is 0 Å². The molecule has 0 radical (unpaired) electrons. The summed E-state index contributed by atoms with van der Waals surface area (Å²) in [6.07, 6.45) is 6.33. The third-order valence-electron chi connectivity index (χ3n) is 4.41.